The summed E-state index contributed by atoms with van der Waals surface area (Å²) in [7, 11) is 0. The second-order valence-electron chi connectivity index (χ2n) is 5.55. The molecule has 0 bridgehead atoms. The molecule has 0 aliphatic carbocycles. The van der Waals surface area contributed by atoms with Crippen molar-refractivity contribution in [3.63, 3.8) is 0 Å². The molecule has 5 heteroatoms. The fourth-order valence-electron chi connectivity index (χ4n) is 2.89. The third-order valence-corrected chi connectivity index (χ3v) is 4.07. The van der Waals surface area contributed by atoms with E-state index in [0.29, 0.717) is 6.54 Å². The first kappa shape index (κ1) is 15.8. The molecule has 1 aromatic carbocycles. The van der Waals surface area contributed by atoms with E-state index in [-0.39, 0.29) is 6.04 Å². The Labute approximate surface area is 126 Å². The fourth-order valence-corrected chi connectivity index (χ4v) is 2.89. The van der Waals surface area contributed by atoms with Crippen LogP contribution in [0.1, 0.15) is 30.9 Å². The lowest BCUT2D eigenvalue weighted by Crippen LogP contribution is -2.50. The molecule has 1 saturated heterocycles. The molecule has 1 aliphatic heterocycles. The zero-order valence-electron chi connectivity index (χ0n) is 12.4. The van der Waals surface area contributed by atoms with Crippen LogP contribution in [0.4, 0.5) is 4.79 Å². The van der Waals surface area contributed by atoms with E-state index in [4.69, 9.17) is 5.73 Å². The lowest BCUT2D eigenvalue weighted by molar-refractivity contribution is 0.0664. The van der Waals surface area contributed by atoms with Crippen molar-refractivity contribution in [2.24, 2.45) is 5.73 Å². The number of rotatable bonds is 6. The Morgan fingerprint density at radius 2 is 1.95 bits per heavy atom. The molecular weight excluding hydrogens is 266 g/mol. The maximum atomic E-state index is 11.4. The van der Waals surface area contributed by atoms with Crippen LogP contribution in [-0.4, -0.2) is 53.7 Å². The Hall–Kier alpha value is -1.59. The van der Waals surface area contributed by atoms with Crippen molar-refractivity contribution in [1.29, 1.82) is 0 Å². The fraction of sp³-hybridized carbons (Fsp3) is 0.562. The van der Waals surface area contributed by atoms with Gasteiger partial charge in [0.1, 0.15) is 0 Å². The first-order chi connectivity index (χ1) is 10.2. The summed E-state index contributed by atoms with van der Waals surface area (Å²) in [5, 5.41) is 9.40. The van der Waals surface area contributed by atoms with E-state index >= 15 is 0 Å². The molecule has 3 N–H and O–H groups in total. The van der Waals surface area contributed by atoms with Crippen LogP contribution in [-0.2, 0) is 0 Å². The van der Waals surface area contributed by atoms with Crippen LogP contribution in [0.25, 0.3) is 0 Å². The van der Waals surface area contributed by atoms with Gasteiger partial charge in [-0.2, -0.15) is 0 Å². The van der Waals surface area contributed by atoms with E-state index in [1.807, 2.05) is 30.3 Å². The molecule has 0 radical (unpaired) electrons. The van der Waals surface area contributed by atoms with Crippen LogP contribution in [0.15, 0.2) is 30.3 Å². The third kappa shape index (κ3) is 4.44. The lowest BCUT2D eigenvalue weighted by atomic mass is 10.0. The van der Waals surface area contributed by atoms with Gasteiger partial charge in [-0.15, -0.1) is 0 Å². The van der Waals surface area contributed by atoms with Gasteiger partial charge >= 0.3 is 6.09 Å². The van der Waals surface area contributed by atoms with Gasteiger partial charge in [0.05, 0.1) is 6.04 Å². The smallest absolute Gasteiger partial charge is 0.407 e. The Kier molecular flexibility index (Phi) is 6.02. The normalized spacial score (nSPS) is 19.7. The summed E-state index contributed by atoms with van der Waals surface area (Å²) in [6.07, 6.45) is 2.51. The largest absolute Gasteiger partial charge is 0.465 e. The Morgan fingerprint density at radius 1 is 1.19 bits per heavy atom. The predicted molar refractivity (Wildman–Crippen MR) is 83.3 cm³/mol. The maximum Gasteiger partial charge on any atom is 0.407 e. The van der Waals surface area contributed by atoms with Crippen LogP contribution < -0.4 is 5.73 Å². The van der Waals surface area contributed by atoms with Crippen LogP contribution in [0.2, 0.25) is 0 Å². The zero-order chi connectivity index (χ0) is 15.1. The molecule has 1 aliphatic rings. The van der Waals surface area contributed by atoms with E-state index in [0.717, 1.165) is 51.0 Å². The average molecular weight is 291 g/mol. The summed E-state index contributed by atoms with van der Waals surface area (Å²) in [6, 6.07) is 9.86. The van der Waals surface area contributed by atoms with Gasteiger partial charge in [0.2, 0.25) is 0 Å². The minimum atomic E-state index is -0.827. The summed E-state index contributed by atoms with van der Waals surface area (Å²) < 4.78 is 0. The monoisotopic (exact) mass is 291 g/mol. The molecule has 0 spiro atoms. The van der Waals surface area contributed by atoms with Gasteiger partial charge in [-0.1, -0.05) is 36.8 Å². The van der Waals surface area contributed by atoms with Crippen LogP contribution in [0.5, 0.6) is 0 Å². The highest BCUT2D eigenvalue weighted by atomic mass is 16.4. The molecule has 5 nitrogen and oxygen atoms in total. The van der Waals surface area contributed by atoms with Gasteiger partial charge in [-0.05, 0) is 31.5 Å². The molecule has 1 unspecified atom stereocenters. The van der Waals surface area contributed by atoms with Crippen LogP contribution in [0.3, 0.4) is 0 Å². The molecule has 1 heterocycles. The van der Waals surface area contributed by atoms with Gasteiger partial charge in [0.25, 0.3) is 0 Å². The van der Waals surface area contributed by atoms with E-state index in [2.05, 4.69) is 4.90 Å². The Balaban J connectivity index is 1.97. The number of carboxylic acid groups (broad SMARTS) is 1. The molecule has 1 fully saturated rings. The Morgan fingerprint density at radius 3 is 2.62 bits per heavy atom. The number of benzene rings is 1. The summed E-state index contributed by atoms with van der Waals surface area (Å²) in [6.45, 7) is 3.94. The van der Waals surface area contributed by atoms with Crippen molar-refractivity contribution in [1.82, 2.24) is 9.80 Å². The number of amides is 1. The maximum absolute atomic E-state index is 11.4. The van der Waals surface area contributed by atoms with Crippen molar-refractivity contribution in [3.8, 4) is 0 Å². The lowest BCUT2D eigenvalue weighted by Gasteiger charge is -2.40. The van der Waals surface area contributed by atoms with Crippen molar-refractivity contribution in [2.45, 2.75) is 25.3 Å². The SMILES string of the molecule is NCCCCCN1CCN(C(=O)O)C(c2ccccc2)C1. The van der Waals surface area contributed by atoms with E-state index < -0.39 is 6.09 Å². The first-order valence-electron chi connectivity index (χ1n) is 7.69. The van der Waals surface area contributed by atoms with Gasteiger partial charge in [-0.3, -0.25) is 9.80 Å². The zero-order valence-corrected chi connectivity index (χ0v) is 12.4. The Bertz CT molecular complexity index is 438. The highest BCUT2D eigenvalue weighted by Crippen LogP contribution is 2.25. The standard InChI is InChI=1S/C16H25N3O2/c17-9-5-2-6-10-18-11-12-19(16(20)21)15(13-18)14-7-3-1-4-8-14/h1,3-4,7-8,15H,2,5-6,9-13,17H2,(H,20,21). The molecule has 2 rings (SSSR count). The van der Waals surface area contributed by atoms with Crippen molar-refractivity contribution in [2.75, 3.05) is 32.7 Å². The van der Waals surface area contributed by atoms with E-state index in [1.54, 1.807) is 4.90 Å². The van der Waals surface area contributed by atoms with Gasteiger partial charge in [0.15, 0.2) is 0 Å². The van der Waals surface area contributed by atoms with Crippen molar-refractivity contribution in [3.05, 3.63) is 35.9 Å². The number of nitrogens with two attached hydrogens (primary N) is 1. The second kappa shape index (κ2) is 8.00. The molecule has 0 aromatic heterocycles. The number of hydrogen-bond donors (Lipinski definition) is 2. The number of unbranched alkanes of at least 4 members (excludes halogenated alkanes) is 2. The third-order valence-electron chi connectivity index (χ3n) is 4.07. The van der Waals surface area contributed by atoms with E-state index in [1.165, 1.54) is 0 Å². The molecule has 1 aromatic rings. The summed E-state index contributed by atoms with van der Waals surface area (Å²) in [5.41, 5.74) is 6.59. The van der Waals surface area contributed by atoms with Crippen molar-refractivity contribution >= 4 is 6.09 Å². The number of piperazine rings is 1. The van der Waals surface area contributed by atoms with Crippen LogP contribution >= 0.6 is 0 Å². The molecule has 21 heavy (non-hydrogen) atoms. The topological polar surface area (TPSA) is 69.8 Å². The predicted octanol–water partition coefficient (Wildman–Crippen LogP) is 2.15. The van der Waals surface area contributed by atoms with Gasteiger partial charge in [0, 0.05) is 19.6 Å². The highest BCUT2D eigenvalue weighted by Gasteiger charge is 2.30. The molecule has 1 atom stereocenters. The van der Waals surface area contributed by atoms with E-state index in [9.17, 15) is 9.90 Å². The average Bonchev–Trinajstić information content (AvgIpc) is 2.52. The minimum absolute atomic E-state index is 0.0630. The summed E-state index contributed by atoms with van der Waals surface area (Å²) in [4.78, 5) is 15.4. The summed E-state index contributed by atoms with van der Waals surface area (Å²) in [5.74, 6) is 0. The molecule has 0 saturated carbocycles. The van der Waals surface area contributed by atoms with Crippen LogP contribution in [0, 0.1) is 0 Å². The second-order valence-corrected chi connectivity index (χ2v) is 5.55. The molecule has 116 valence electrons. The molecular formula is C16H25N3O2. The minimum Gasteiger partial charge on any atom is -0.465 e. The van der Waals surface area contributed by atoms with Gasteiger partial charge in [-0.25, -0.2) is 4.79 Å². The highest BCUT2D eigenvalue weighted by molar-refractivity contribution is 5.66. The number of nitrogens with zero attached hydrogens (tertiary/aromatic N) is 2. The van der Waals surface area contributed by atoms with Gasteiger partial charge < -0.3 is 10.8 Å². The number of hydrogen-bond acceptors (Lipinski definition) is 3. The summed E-state index contributed by atoms with van der Waals surface area (Å²) >= 11 is 0. The molecule has 1 amide bonds. The first-order valence-corrected chi connectivity index (χ1v) is 7.69. The number of carbonyl (C=O) groups is 1. The van der Waals surface area contributed by atoms with Crippen molar-refractivity contribution < 1.29 is 9.90 Å². The quantitative estimate of drug-likeness (QED) is 0.788.